The average Bonchev–Trinajstić information content (AvgIpc) is 3.37. The standard InChI is InChI=1S/C40H25N/c1-3-13-28-26(11-1)21-22-35-36(28)25-27-12-2-4-14-29(27)40(35)34-23-24-39(31-16-6-5-15-30(31)34)41-37-19-9-7-17-32(37)33-18-8-10-20-38(33)41/h1-25H. The van der Waals surface area contributed by atoms with Crippen molar-refractivity contribution in [2.45, 2.75) is 0 Å². The number of hydrogen-bond donors (Lipinski definition) is 0. The Morgan fingerprint density at radius 2 is 0.878 bits per heavy atom. The molecular weight excluding hydrogens is 494 g/mol. The van der Waals surface area contributed by atoms with Crippen molar-refractivity contribution in [1.82, 2.24) is 4.57 Å². The van der Waals surface area contributed by atoms with Gasteiger partial charge in [-0.1, -0.05) is 127 Å². The van der Waals surface area contributed by atoms with Crippen molar-refractivity contribution in [2.24, 2.45) is 0 Å². The van der Waals surface area contributed by atoms with Gasteiger partial charge >= 0.3 is 0 Å². The fraction of sp³-hybridized carbons (Fsp3) is 0. The molecule has 1 heterocycles. The van der Waals surface area contributed by atoms with E-state index >= 15 is 0 Å². The first kappa shape index (κ1) is 22.4. The van der Waals surface area contributed by atoms with Crippen molar-refractivity contribution in [3.63, 3.8) is 0 Å². The largest absolute Gasteiger partial charge is 0.309 e. The van der Waals surface area contributed by atoms with Gasteiger partial charge in [0, 0.05) is 16.2 Å². The van der Waals surface area contributed by atoms with Crippen molar-refractivity contribution in [3.8, 4) is 16.8 Å². The second kappa shape index (κ2) is 8.55. The molecule has 190 valence electrons. The summed E-state index contributed by atoms with van der Waals surface area (Å²) >= 11 is 0. The average molecular weight is 520 g/mol. The minimum Gasteiger partial charge on any atom is -0.309 e. The molecule has 0 saturated carbocycles. The lowest BCUT2D eigenvalue weighted by Crippen LogP contribution is -1.97. The Bertz CT molecular complexity index is 2420. The van der Waals surface area contributed by atoms with Gasteiger partial charge in [-0.25, -0.2) is 0 Å². The molecule has 0 bridgehead atoms. The van der Waals surface area contributed by atoms with E-state index in [0.717, 1.165) is 0 Å². The van der Waals surface area contributed by atoms with Gasteiger partial charge in [0.25, 0.3) is 0 Å². The Morgan fingerprint density at radius 3 is 1.61 bits per heavy atom. The lowest BCUT2D eigenvalue weighted by atomic mass is 9.87. The number of benzene rings is 8. The Morgan fingerprint density at radius 1 is 0.317 bits per heavy atom. The third-order valence-electron chi connectivity index (χ3n) is 8.76. The maximum Gasteiger partial charge on any atom is 0.0541 e. The number of hydrogen-bond acceptors (Lipinski definition) is 0. The van der Waals surface area contributed by atoms with Crippen LogP contribution in [0, 0.1) is 0 Å². The highest BCUT2D eigenvalue weighted by molar-refractivity contribution is 6.23. The molecule has 0 spiro atoms. The van der Waals surface area contributed by atoms with E-state index in [1.54, 1.807) is 0 Å². The molecule has 0 radical (unpaired) electrons. The van der Waals surface area contributed by atoms with Crippen molar-refractivity contribution in [3.05, 3.63) is 152 Å². The highest BCUT2D eigenvalue weighted by Crippen LogP contribution is 2.43. The van der Waals surface area contributed by atoms with Crippen LogP contribution in [0.2, 0.25) is 0 Å². The molecule has 0 aliphatic heterocycles. The Labute approximate surface area is 237 Å². The highest BCUT2D eigenvalue weighted by Gasteiger charge is 2.18. The third kappa shape index (κ3) is 3.18. The molecule has 0 aliphatic rings. The van der Waals surface area contributed by atoms with Gasteiger partial charge in [-0.05, 0) is 73.1 Å². The van der Waals surface area contributed by atoms with Gasteiger partial charge in [0.15, 0.2) is 0 Å². The smallest absolute Gasteiger partial charge is 0.0541 e. The van der Waals surface area contributed by atoms with Gasteiger partial charge in [0.1, 0.15) is 0 Å². The Kier molecular flexibility index (Phi) is 4.67. The van der Waals surface area contributed by atoms with Crippen LogP contribution >= 0.6 is 0 Å². The van der Waals surface area contributed by atoms with Crippen molar-refractivity contribution < 1.29 is 0 Å². The molecule has 0 atom stereocenters. The second-order valence-electron chi connectivity index (χ2n) is 10.9. The zero-order valence-electron chi connectivity index (χ0n) is 22.4. The van der Waals surface area contributed by atoms with E-state index < -0.39 is 0 Å². The minimum absolute atomic E-state index is 1.21. The van der Waals surface area contributed by atoms with Crippen LogP contribution in [0.3, 0.4) is 0 Å². The summed E-state index contributed by atoms with van der Waals surface area (Å²) in [5.74, 6) is 0. The predicted octanol–water partition coefficient (Wildman–Crippen LogP) is 11.1. The molecule has 9 rings (SSSR count). The van der Waals surface area contributed by atoms with E-state index in [2.05, 4.69) is 156 Å². The maximum absolute atomic E-state index is 2.44. The molecule has 0 aliphatic carbocycles. The summed E-state index contributed by atoms with van der Waals surface area (Å²) in [5, 5.41) is 12.8. The van der Waals surface area contributed by atoms with Crippen LogP contribution in [0.4, 0.5) is 0 Å². The van der Waals surface area contributed by atoms with Gasteiger partial charge in [-0.15, -0.1) is 0 Å². The summed E-state index contributed by atoms with van der Waals surface area (Å²) in [6.45, 7) is 0. The lowest BCUT2D eigenvalue weighted by molar-refractivity contribution is 1.20. The molecule has 0 N–H and O–H groups in total. The van der Waals surface area contributed by atoms with Crippen LogP contribution in [-0.2, 0) is 0 Å². The number of fused-ring (bicyclic) bond motifs is 8. The topological polar surface area (TPSA) is 4.93 Å². The summed E-state index contributed by atoms with van der Waals surface area (Å²) in [7, 11) is 0. The van der Waals surface area contributed by atoms with Crippen molar-refractivity contribution in [2.75, 3.05) is 0 Å². The van der Waals surface area contributed by atoms with Crippen LogP contribution < -0.4 is 0 Å². The highest BCUT2D eigenvalue weighted by atomic mass is 15.0. The first-order valence-electron chi connectivity index (χ1n) is 14.2. The zero-order valence-corrected chi connectivity index (χ0v) is 22.4. The van der Waals surface area contributed by atoms with Crippen LogP contribution in [0.1, 0.15) is 0 Å². The molecular formula is C40H25N. The number of aromatic nitrogens is 1. The van der Waals surface area contributed by atoms with Crippen LogP contribution in [-0.4, -0.2) is 4.57 Å². The molecule has 41 heavy (non-hydrogen) atoms. The van der Waals surface area contributed by atoms with Gasteiger partial charge in [-0.2, -0.15) is 0 Å². The quantitative estimate of drug-likeness (QED) is 0.158. The molecule has 0 amide bonds. The summed E-state index contributed by atoms with van der Waals surface area (Å²) in [6, 6.07) is 55.6. The van der Waals surface area contributed by atoms with Crippen molar-refractivity contribution in [1.29, 1.82) is 0 Å². The van der Waals surface area contributed by atoms with E-state index in [1.165, 1.54) is 81.7 Å². The SMILES string of the molecule is c1ccc2c(-c3ccc(-n4c5ccccc5c5ccccc54)c4ccccc34)c3ccc4ccccc4c3cc2c1. The number of para-hydroxylation sites is 2. The fourth-order valence-corrected chi connectivity index (χ4v) is 6.99. The summed E-state index contributed by atoms with van der Waals surface area (Å²) in [5.41, 5.74) is 6.23. The van der Waals surface area contributed by atoms with E-state index in [4.69, 9.17) is 0 Å². The molecule has 1 heteroatoms. The predicted molar refractivity (Wildman–Crippen MR) is 176 cm³/mol. The van der Waals surface area contributed by atoms with E-state index in [-0.39, 0.29) is 0 Å². The summed E-state index contributed by atoms with van der Waals surface area (Å²) < 4.78 is 2.44. The van der Waals surface area contributed by atoms with Gasteiger partial charge in [-0.3, -0.25) is 0 Å². The molecule has 0 unspecified atom stereocenters. The van der Waals surface area contributed by atoms with E-state index in [1.807, 2.05) is 0 Å². The van der Waals surface area contributed by atoms with Crippen LogP contribution in [0.25, 0.3) is 81.7 Å². The Hall–Kier alpha value is -5.40. The normalized spacial score (nSPS) is 11.9. The molecule has 9 aromatic rings. The zero-order chi connectivity index (χ0) is 26.9. The molecule has 1 aromatic heterocycles. The summed E-state index contributed by atoms with van der Waals surface area (Å²) in [6.07, 6.45) is 0. The van der Waals surface area contributed by atoms with Crippen molar-refractivity contribution >= 4 is 64.9 Å². The van der Waals surface area contributed by atoms with Crippen LogP contribution in [0.15, 0.2) is 152 Å². The molecule has 0 fully saturated rings. The van der Waals surface area contributed by atoms with E-state index in [9.17, 15) is 0 Å². The van der Waals surface area contributed by atoms with Gasteiger partial charge < -0.3 is 4.57 Å². The van der Waals surface area contributed by atoms with Gasteiger partial charge in [0.2, 0.25) is 0 Å². The third-order valence-corrected chi connectivity index (χ3v) is 8.76. The minimum atomic E-state index is 1.21. The monoisotopic (exact) mass is 519 g/mol. The molecule has 8 aromatic carbocycles. The first-order valence-corrected chi connectivity index (χ1v) is 14.2. The Balaban J connectivity index is 1.42. The van der Waals surface area contributed by atoms with Crippen LogP contribution in [0.5, 0.6) is 0 Å². The maximum atomic E-state index is 2.44. The number of nitrogens with zero attached hydrogens (tertiary/aromatic N) is 1. The second-order valence-corrected chi connectivity index (χ2v) is 10.9. The van der Waals surface area contributed by atoms with E-state index in [0.29, 0.717) is 0 Å². The fourth-order valence-electron chi connectivity index (χ4n) is 6.99. The number of rotatable bonds is 2. The molecule has 1 nitrogen and oxygen atoms in total. The lowest BCUT2D eigenvalue weighted by Gasteiger charge is -2.18. The molecule has 0 saturated heterocycles. The first-order chi connectivity index (χ1) is 20.4. The summed E-state index contributed by atoms with van der Waals surface area (Å²) in [4.78, 5) is 0. The van der Waals surface area contributed by atoms with Gasteiger partial charge in [0.05, 0.1) is 16.7 Å².